The Morgan fingerprint density at radius 1 is 1.25 bits per heavy atom. The van der Waals surface area contributed by atoms with Crippen molar-refractivity contribution in [1.29, 1.82) is 0 Å². The summed E-state index contributed by atoms with van der Waals surface area (Å²) in [5.41, 5.74) is 7.66. The van der Waals surface area contributed by atoms with E-state index in [-0.39, 0.29) is 18.2 Å². The summed E-state index contributed by atoms with van der Waals surface area (Å²) in [6.07, 6.45) is 3.44. The van der Waals surface area contributed by atoms with E-state index >= 15 is 0 Å². The van der Waals surface area contributed by atoms with Gasteiger partial charge >= 0.3 is 0 Å². The van der Waals surface area contributed by atoms with Crippen molar-refractivity contribution in [1.82, 2.24) is 5.32 Å². The number of hydrogen-bond acceptors (Lipinski definition) is 3. The number of nitrogens with zero attached hydrogens (tertiary/aromatic N) is 1. The molecule has 3 amide bonds. The van der Waals surface area contributed by atoms with Crippen LogP contribution in [0.2, 0.25) is 0 Å². The summed E-state index contributed by atoms with van der Waals surface area (Å²) < 4.78 is 0. The molecule has 0 bridgehead atoms. The molecule has 1 heterocycles. The maximum atomic E-state index is 12.4. The molecule has 6 nitrogen and oxygen atoms in total. The first-order valence-electron chi connectivity index (χ1n) is 8.32. The highest BCUT2D eigenvalue weighted by molar-refractivity contribution is 6.01. The second-order valence-corrected chi connectivity index (χ2v) is 7.19. The van der Waals surface area contributed by atoms with E-state index in [9.17, 15) is 14.4 Å². The molecule has 0 spiro atoms. The van der Waals surface area contributed by atoms with E-state index < -0.39 is 17.4 Å². The van der Waals surface area contributed by atoms with Crippen LogP contribution in [-0.2, 0) is 27.2 Å². The average molecular weight is 329 g/mol. The third kappa shape index (κ3) is 3.00. The van der Waals surface area contributed by atoms with Crippen LogP contribution >= 0.6 is 0 Å². The van der Waals surface area contributed by atoms with Gasteiger partial charge in [-0.1, -0.05) is 6.07 Å². The van der Waals surface area contributed by atoms with Gasteiger partial charge in [0, 0.05) is 18.7 Å². The number of carbonyl (C=O) groups is 3. The summed E-state index contributed by atoms with van der Waals surface area (Å²) in [5, 5.41) is 2.64. The molecule has 1 aliphatic heterocycles. The van der Waals surface area contributed by atoms with Crippen LogP contribution in [0.4, 0.5) is 5.69 Å². The van der Waals surface area contributed by atoms with E-state index in [2.05, 4.69) is 17.4 Å². The summed E-state index contributed by atoms with van der Waals surface area (Å²) in [6.45, 7) is 3.45. The van der Waals surface area contributed by atoms with Crippen LogP contribution in [0.1, 0.15) is 37.8 Å². The number of amides is 3. The van der Waals surface area contributed by atoms with E-state index in [1.165, 1.54) is 11.1 Å². The van der Waals surface area contributed by atoms with Gasteiger partial charge in [-0.25, -0.2) is 0 Å². The second kappa shape index (κ2) is 5.92. The maximum absolute atomic E-state index is 12.4. The van der Waals surface area contributed by atoms with Gasteiger partial charge in [0.15, 0.2) is 0 Å². The average Bonchev–Trinajstić information content (AvgIpc) is 3.11. The Kier molecular flexibility index (Phi) is 4.07. The molecule has 0 unspecified atom stereocenters. The van der Waals surface area contributed by atoms with Crippen LogP contribution < -0.4 is 16.0 Å². The van der Waals surface area contributed by atoms with Crippen LogP contribution in [0.25, 0.3) is 0 Å². The Balaban J connectivity index is 1.72. The molecule has 0 aromatic heterocycles. The first-order valence-corrected chi connectivity index (χ1v) is 8.32. The Hall–Kier alpha value is -2.37. The molecule has 3 N–H and O–H groups in total. The smallest absolute Gasteiger partial charge is 0.242 e. The van der Waals surface area contributed by atoms with Gasteiger partial charge in [0.25, 0.3) is 0 Å². The van der Waals surface area contributed by atoms with Gasteiger partial charge < -0.3 is 16.0 Å². The SMILES string of the molecule is CC(C)(NC(=O)[C@@H]1CC(=O)N(c2ccc3c(c2)CCC3)C1)C(N)=O. The number of nitrogens with two attached hydrogens (primary N) is 1. The minimum atomic E-state index is -1.12. The van der Waals surface area contributed by atoms with Crippen LogP contribution in [-0.4, -0.2) is 29.8 Å². The lowest BCUT2D eigenvalue weighted by Crippen LogP contribution is -2.54. The lowest BCUT2D eigenvalue weighted by Gasteiger charge is -2.24. The minimum absolute atomic E-state index is 0.0648. The van der Waals surface area contributed by atoms with Gasteiger partial charge in [-0.2, -0.15) is 0 Å². The van der Waals surface area contributed by atoms with Crippen molar-refractivity contribution < 1.29 is 14.4 Å². The Bertz CT molecular complexity index is 711. The standard InChI is InChI=1S/C18H23N3O3/c1-18(2,17(19)24)20-16(23)13-9-15(22)21(10-13)14-7-6-11-4-3-5-12(11)8-14/h6-8,13H,3-5,9-10H2,1-2H3,(H2,19,24)(H,20,23)/t13-/m1/s1. The van der Waals surface area contributed by atoms with E-state index in [4.69, 9.17) is 5.73 Å². The predicted octanol–water partition coefficient (Wildman–Crippen LogP) is 0.908. The van der Waals surface area contributed by atoms with Crippen molar-refractivity contribution in [3.05, 3.63) is 29.3 Å². The van der Waals surface area contributed by atoms with E-state index in [1.807, 2.05) is 6.07 Å². The fourth-order valence-electron chi connectivity index (χ4n) is 3.33. The summed E-state index contributed by atoms with van der Waals surface area (Å²) in [4.78, 5) is 37.7. The molecule has 2 aliphatic rings. The number of carbonyl (C=O) groups excluding carboxylic acids is 3. The van der Waals surface area contributed by atoms with Crippen LogP contribution in [0.15, 0.2) is 18.2 Å². The molecule has 0 radical (unpaired) electrons. The van der Waals surface area contributed by atoms with Gasteiger partial charge in [-0.05, 0) is 56.4 Å². The summed E-state index contributed by atoms with van der Waals surface area (Å²) in [6, 6.07) is 6.10. The quantitative estimate of drug-likeness (QED) is 0.860. The first kappa shape index (κ1) is 16.5. The Morgan fingerprint density at radius 2 is 1.96 bits per heavy atom. The molecule has 1 atom stereocenters. The second-order valence-electron chi connectivity index (χ2n) is 7.19. The van der Waals surface area contributed by atoms with Crippen molar-refractivity contribution in [3.63, 3.8) is 0 Å². The number of aryl methyl sites for hydroxylation is 2. The van der Waals surface area contributed by atoms with Crippen LogP contribution in [0.3, 0.4) is 0 Å². The zero-order valence-corrected chi connectivity index (χ0v) is 14.1. The monoisotopic (exact) mass is 329 g/mol. The highest BCUT2D eigenvalue weighted by Gasteiger charge is 2.38. The predicted molar refractivity (Wildman–Crippen MR) is 90.3 cm³/mol. The molecule has 6 heteroatoms. The summed E-state index contributed by atoms with van der Waals surface area (Å²) in [5.74, 6) is -1.44. The number of anilines is 1. The highest BCUT2D eigenvalue weighted by atomic mass is 16.2. The molecular weight excluding hydrogens is 306 g/mol. The van der Waals surface area contributed by atoms with E-state index in [0.717, 1.165) is 24.9 Å². The van der Waals surface area contributed by atoms with Gasteiger partial charge in [0.1, 0.15) is 5.54 Å². The fourth-order valence-corrected chi connectivity index (χ4v) is 3.33. The molecule has 0 saturated carbocycles. The van der Waals surface area contributed by atoms with Crippen molar-refractivity contribution in [2.75, 3.05) is 11.4 Å². The van der Waals surface area contributed by atoms with E-state index in [0.29, 0.717) is 6.54 Å². The molecule has 24 heavy (non-hydrogen) atoms. The number of nitrogens with one attached hydrogen (secondary N) is 1. The molecule has 3 rings (SSSR count). The molecular formula is C18H23N3O3. The Labute approximate surface area is 141 Å². The van der Waals surface area contributed by atoms with Crippen molar-refractivity contribution >= 4 is 23.4 Å². The van der Waals surface area contributed by atoms with Gasteiger partial charge in [-0.15, -0.1) is 0 Å². The molecule has 1 fully saturated rings. The van der Waals surface area contributed by atoms with Crippen LogP contribution in [0, 0.1) is 5.92 Å². The largest absolute Gasteiger partial charge is 0.368 e. The normalized spacial score (nSPS) is 20.2. The van der Waals surface area contributed by atoms with Crippen LogP contribution in [0.5, 0.6) is 0 Å². The minimum Gasteiger partial charge on any atom is -0.368 e. The van der Waals surface area contributed by atoms with E-state index in [1.54, 1.807) is 18.7 Å². The summed E-state index contributed by atoms with van der Waals surface area (Å²) >= 11 is 0. The van der Waals surface area contributed by atoms with Gasteiger partial charge in [-0.3, -0.25) is 14.4 Å². The molecule has 1 aliphatic carbocycles. The zero-order chi connectivity index (χ0) is 17.5. The highest BCUT2D eigenvalue weighted by Crippen LogP contribution is 2.30. The Morgan fingerprint density at radius 3 is 2.67 bits per heavy atom. The molecule has 1 saturated heterocycles. The van der Waals surface area contributed by atoms with Gasteiger partial charge in [0.05, 0.1) is 5.92 Å². The maximum Gasteiger partial charge on any atom is 0.242 e. The fraction of sp³-hybridized carbons (Fsp3) is 0.500. The van der Waals surface area contributed by atoms with Gasteiger partial charge in [0.2, 0.25) is 17.7 Å². The molecule has 1 aromatic rings. The first-order chi connectivity index (χ1) is 11.3. The van der Waals surface area contributed by atoms with Crippen molar-refractivity contribution in [2.45, 2.75) is 45.1 Å². The lowest BCUT2D eigenvalue weighted by molar-refractivity contribution is -0.132. The van der Waals surface area contributed by atoms with Crippen molar-refractivity contribution in [3.8, 4) is 0 Å². The van der Waals surface area contributed by atoms with Crippen molar-refractivity contribution in [2.24, 2.45) is 11.7 Å². The third-order valence-corrected chi connectivity index (χ3v) is 4.94. The number of rotatable bonds is 4. The lowest BCUT2D eigenvalue weighted by atomic mass is 10.0. The number of primary amides is 1. The third-order valence-electron chi connectivity index (χ3n) is 4.94. The number of benzene rings is 1. The zero-order valence-electron chi connectivity index (χ0n) is 14.1. The molecule has 128 valence electrons. The summed E-state index contributed by atoms with van der Waals surface area (Å²) in [7, 11) is 0. The molecule has 1 aromatic carbocycles. The number of fused-ring (bicyclic) bond motifs is 1. The topological polar surface area (TPSA) is 92.5 Å². The number of hydrogen-bond donors (Lipinski definition) is 2.